The van der Waals surface area contributed by atoms with Gasteiger partial charge < -0.3 is 15.4 Å². The minimum atomic E-state index is -0.236. The van der Waals surface area contributed by atoms with E-state index in [4.69, 9.17) is 4.74 Å². The summed E-state index contributed by atoms with van der Waals surface area (Å²) in [4.78, 5) is 23.8. The van der Waals surface area contributed by atoms with Gasteiger partial charge in [0.25, 0.3) is 11.8 Å². The molecule has 0 aliphatic rings. The third-order valence-electron chi connectivity index (χ3n) is 3.16. The van der Waals surface area contributed by atoms with Gasteiger partial charge in [-0.05, 0) is 24.6 Å². The Morgan fingerprint density at radius 2 is 1.65 bits per heavy atom. The van der Waals surface area contributed by atoms with Gasteiger partial charge in [-0.1, -0.05) is 42.5 Å². The maximum absolute atomic E-state index is 12.3. The van der Waals surface area contributed by atoms with Crippen molar-refractivity contribution in [3.8, 4) is 5.75 Å². The molecule has 2 aromatic rings. The van der Waals surface area contributed by atoms with Crippen molar-refractivity contribution in [1.82, 2.24) is 10.6 Å². The Hall–Kier alpha value is -2.82. The Morgan fingerprint density at radius 3 is 2.39 bits per heavy atom. The summed E-state index contributed by atoms with van der Waals surface area (Å²) in [5.74, 6) is -0.0586. The van der Waals surface area contributed by atoms with E-state index in [2.05, 4.69) is 10.6 Å². The molecule has 0 spiro atoms. The van der Waals surface area contributed by atoms with Crippen molar-refractivity contribution in [2.24, 2.45) is 0 Å². The molecule has 23 heavy (non-hydrogen) atoms. The van der Waals surface area contributed by atoms with Crippen LogP contribution in [0, 0.1) is 0 Å². The van der Waals surface area contributed by atoms with E-state index in [0.29, 0.717) is 24.4 Å². The van der Waals surface area contributed by atoms with Gasteiger partial charge in [-0.3, -0.25) is 9.59 Å². The van der Waals surface area contributed by atoms with Crippen LogP contribution in [0.2, 0.25) is 0 Å². The molecule has 0 atom stereocenters. The molecule has 2 aromatic carbocycles. The Bertz CT molecular complexity index is 656. The fourth-order valence-electron chi connectivity index (χ4n) is 2.05. The van der Waals surface area contributed by atoms with E-state index in [9.17, 15) is 9.59 Å². The first-order valence-electron chi connectivity index (χ1n) is 7.51. The third-order valence-corrected chi connectivity index (χ3v) is 3.16. The number of likely N-dealkylation sites (N-methyl/N-ethyl adjacent to an activating group) is 1. The van der Waals surface area contributed by atoms with Crippen LogP contribution < -0.4 is 15.4 Å². The minimum Gasteiger partial charge on any atom is -0.483 e. The smallest absolute Gasteiger partial charge is 0.257 e. The minimum absolute atomic E-state index is 0.114. The largest absolute Gasteiger partial charge is 0.483 e. The summed E-state index contributed by atoms with van der Waals surface area (Å²) in [6.07, 6.45) is 0. The van der Waals surface area contributed by atoms with Gasteiger partial charge in [0, 0.05) is 13.1 Å². The van der Waals surface area contributed by atoms with E-state index in [0.717, 1.165) is 5.56 Å². The molecule has 5 nitrogen and oxygen atoms in total. The lowest BCUT2D eigenvalue weighted by Gasteiger charge is -2.11. The summed E-state index contributed by atoms with van der Waals surface area (Å²) in [6.45, 7) is 2.70. The zero-order valence-electron chi connectivity index (χ0n) is 13.0. The van der Waals surface area contributed by atoms with E-state index in [1.54, 1.807) is 24.3 Å². The van der Waals surface area contributed by atoms with Gasteiger partial charge in [0.15, 0.2) is 6.61 Å². The van der Waals surface area contributed by atoms with Crippen LogP contribution >= 0.6 is 0 Å². The summed E-state index contributed by atoms with van der Waals surface area (Å²) in [6, 6.07) is 16.5. The van der Waals surface area contributed by atoms with Crippen molar-refractivity contribution < 1.29 is 14.3 Å². The Kier molecular flexibility index (Phi) is 6.17. The van der Waals surface area contributed by atoms with Crippen molar-refractivity contribution in [2.45, 2.75) is 13.5 Å². The average Bonchev–Trinajstić information content (AvgIpc) is 2.59. The topological polar surface area (TPSA) is 67.4 Å². The van der Waals surface area contributed by atoms with Crippen LogP contribution in [0.25, 0.3) is 0 Å². The predicted molar refractivity (Wildman–Crippen MR) is 88.2 cm³/mol. The summed E-state index contributed by atoms with van der Waals surface area (Å²) >= 11 is 0. The Balaban J connectivity index is 1.98. The highest BCUT2D eigenvalue weighted by Crippen LogP contribution is 2.17. The van der Waals surface area contributed by atoms with Gasteiger partial charge in [-0.15, -0.1) is 0 Å². The van der Waals surface area contributed by atoms with Gasteiger partial charge in [0.2, 0.25) is 0 Å². The van der Waals surface area contributed by atoms with Crippen LogP contribution in [0.3, 0.4) is 0 Å². The lowest BCUT2D eigenvalue weighted by molar-refractivity contribution is -0.123. The average molecular weight is 312 g/mol. The molecule has 0 aliphatic carbocycles. The number of amides is 2. The summed E-state index contributed by atoms with van der Waals surface area (Å²) in [5.41, 5.74) is 1.43. The fraction of sp³-hybridized carbons (Fsp3) is 0.222. The molecule has 0 unspecified atom stereocenters. The van der Waals surface area contributed by atoms with Crippen LogP contribution in [0.4, 0.5) is 0 Å². The lowest BCUT2D eigenvalue weighted by atomic mass is 10.1. The van der Waals surface area contributed by atoms with Crippen LogP contribution in [0.15, 0.2) is 54.6 Å². The molecule has 5 heteroatoms. The zero-order valence-corrected chi connectivity index (χ0v) is 13.0. The first kappa shape index (κ1) is 16.5. The standard InChI is InChI=1S/C18H20N2O3/c1-2-19-17(21)13-23-16-11-7-6-10-15(16)18(22)20-12-14-8-4-3-5-9-14/h3-11H,2,12-13H2,1H3,(H,19,21)(H,20,22). The van der Waals surface area contributed by atoms with Crippen LogP contribution in [-0.4, -0.2) is 25.0 Å². The van der Waals surface area contributed by atoms with Crippen LogP contribution in [0.5, 0.6) is 5.75 Å². The maximum Gasteiger partial charge on any atom is 0.257 e. The molecule has 0 bridgehead atoms. The van der Waals surface area contributed by atoms with Crippen LogP contribution in [0.1, 0.15) is 22.8 Å². The highest BCUT2D eigenvalue weighted by Gasteiger charge is 2.12. The Labute approximate surface area is 135 Å². The Morgan fingerprint density at radius 1 is 0.957 bits per heavy atom. The van der Waals surface area contributed by atoms with E-state index < -0.39 is 0 Å². The molecule has 2 rings (SSSR count). The van der Waals surface area contributed by atoms with Gasteiger partial charge in [0.1, 0.15) is 5.75 Å². The van der Waals surface area contributed by atoms with Crippen molar-refractivity contribution in [1.29, 1.82) is 0 Å². The fourth-order valence-corrected chi connectivity index (χ4v) is 2.05. The second kappa shape index (κ2) is 8.58. The number of hydrogen-bond acceptors (Lipinski definition) is 3. The molecule has 0 radical (unpaired) electrons. The second-order valence-corrected chi connectivity index (χ2v) is 4.91. The third kappa shape index (κ3) is 5.14. The molecule has 2 amide bonds. The van der Waals surface area contributed by atoms with Crippen molar-refractivity contribution in [3.63, 3.8) is 0 Å². The first-order chi connectivity index (χ1) is 11.2. The summed E-state index contributed by atoms with van der Waals surface area (Å²) < 4.78 is 5.45. The predicted octanol–water partition coefficient (Wildman–Crippen LogP) is 2.13. The van der Waals surface area contributed by atoms with Crippen molar-refractivity contribution in [3.05, 3.63) is 65.7 Å². The number of benzene rings is 2. The number of ether oxygens (including phenoxy) is 1. The molecule has 2 N–H and O–H groups in total. The first-order valence-corrected chi connectivity index (χ1v) is 7.51. The van der Waals surface area contributed by atoms with Gasteiger partial charge in [-0.2, -0.15) is 0 Å². The summed E-state index contributed by atoms with van der Waals surface area (Å²) in [5, 5.41) is 5.50. The molecular weight excluding hydrogens is 292 g/mol. The van der Waals surface area contributed by atoms with Crippen LogP contribution in [-0.2, 0) is 11.3 Å². The van der Waals surface area contributed by atoms with E-state index >= 15 is 0 Å². The highest BCUT2D eigenvalue weighted by molar-refractivity contribution is 5.97. The van der Waals surface area contributed by atoms with E-state index in [1.807, 2.05) is 37.3 Å². The highest BCUT2D eigenvalue weighted by atomic mass is 16.5. The SMILES string of the molecule is CCNC(=O)COc1ccccc1C(=O)NCc1ccccc1. The number of carbonyl (C=O) groups excluding carboxylic acids is 2. The second-order valence-electron chi connectivity index (χ2n) is 4.91. The number of carbonyl (C=O) groups is 2. The maximum atomic E-state index is 12.3. The number of para-hydroxylation sites is 1. The molecule has 0 heterocycles. The molecule has 0 fully saturated rings. The van der Waals surface area contributed by atoms with Crippen molar-refractivity contribution in [2.75, 3.05) is 13.2 Å². The van der Waals surface area contributed by atoms with E-state index in [-0.39, 0.29) is 18.4 Å². The monoisotopic (exact) mass is 312 g/mol. The zero-order chi connectivity index (χ0) is 16.5. The molecule has 0 saturated heterocycles. The molecular formula is C18H20N2O3. The number of rotatable bonds is 7. The van der Waals surface area contributed by atoms with E-state index in [1.165, 1.54) is 0 Å². The summed E-state index contributed by atoms with van der Waals surface area (Å²) in [7, 11) is 0. The molecule has 0 aromatic heterocycles. The number of hydrogen-bond donors (Lipinski definition) is 2. The lowest BCUT2D eigenvalue weighted by Crippen LogP contribution is -2.29. The van der Waals surface area contributed by atoms with Crippen molar-refractivity contribution >= 4 is 11.8 Å². The number of nitrogens with one attached hydrogen (secondary N) is 2. The quantitative estimate of drug-likeness (QED) is 0.823. The van der Waals surface area contributed by atoms with Gasteiger partial charge >= 0.3 is 0 Å². The molecule has 120 valence electrons. The molecule has 0 saturated carbocycles. The van der Waals surface area contributed by atoms with Gasteiger partial charge in [0.05, 0.1) is 5.56 Å². The van der Waals surface area contributed by atoms with Gasteiger partial charge in [-0.25, -0.2) is 0 Å². The normalized spacial score (nSPS) is 9.96. The molecule has 0 aliphatic heterocycles.